The fourth-order valence-corrected chi connectivity index (χ4v) is 5.32. The summed E-state index contributed by atoms with van der Waals surface area (Å²) in [6.07, 6.45) is 0.850. The van der Waals surface area contributed by atoms with Gasteiger partial charge in [0.1, 0.15) is 0 Å². The molecule has 2 heterocycles. The van der Waals surface area contributed by atoms with E-state index in [1.165, 1.54) is 0 Å². The van der Waals surface area contributed by atoms with Crippen LogP contribution in [0.15, 0.2) is 30.3 Å². The van der Waals surface area contributed by atoms with Crippen LogP contribution < -0.4 is 5.32 Å². The van der Waals surface area contributed by atoms with Crippen LogP contribution in [0.3, 0.4) is 0 Å². The van der Waals surface area contributed by atoms with Gasteiger partial charge in [0.05, 0.1) is 11.3 Å². The van der Waals surface area contributed by atoms with E-state index in [4.69, 9.17) is 0 Å². The summed E-state index contributed by atoms with van der Waals surface area (Å²) in [5, 5.41) is 4.34. The molecule has 0 unspecified atom stereocenters. The SMILES string of the molecule is CCc1cc(NCCS(=O)(=O)N2CCSCC2)c2ccccc2n1. The first-order valence-corrected chi connectivity index (χ1v) is 11.0. The number of nitrogens with one attached hydrogen (secondary N) is 1. The van der Waals surface area contributed by atoms with Crippen LogP contribution in [0, 0.1) is 0 Å². The van der Waals surface area contributed by atoms with Crippen LogP contribution in [-0.4, -0.2) is 54.6 Å². The number of aryl methyl sites for hydroxylation is 1. The summed E-state index contributed by atoms with van der Waals surface area (Å²) in [6.45, 7) is 3.74. The van der Waals surface area contributed by atoms with Crippen molar-refractivity contribution in [1.82, 2.24) is 9.29 Å². The van der Waals surface area contributed by atoms with Gasteiger partial charge in [0.15, 0.2) is 0 Å². The zero-order chi connectivity index (χ0) is 17.0. The maximum atomic E-state index is 12.4. The first-order valence-electron chi connectivity index (χ1n) is 8.28. The molecule has 0 atom stereocenters. The lowest BCUT2D eigenvalue weighted by Gasteiger charge is -2.25. The highest BCUT2D eigenvalue weighted by molar-refractivity contribution is 7.99. The highest BCUT2D eigenvalue weighted by Gasteiger charge is 2.23. The predicted molar refractivity (Wildman–Crippen MR) is 102 cm³/mol. The van der Waals surface area contributed by atoms with Gasteiger partial charge >= 0.3 is 0 Å². The van der Waals surface area contributed by atoms with E-state index in [0.29, 0.717) is 19.6 Å². The number of para-hydroxylation sites is 1. The zero-order valence-electron chi connectivity index (χ0n) is 13.9. The second-order valence-corrected chi connectivity index (χ2v) is 9.10. The first kappa shape index (κ1) is 17.5. The molecule has 0 spiro atoms. The van der Waals surface area contributed by atoms with Crippen molar-refractivity contribution in [3.8, 4) is 0 Å². The standard InChI is InChI=1S/C17H23N3O2S2/c1-2-14-13-17(15-5-3-4-6-16(15)19-14)18-7-12-24(21,22)20-8-10-23-11-9-20/h3-6,13H,2,7-12H2,1H3,(H,18,19). The van der Waals surface area contributed by atoms with Crippen LogP contribution in [0.25, 0.3) is 10.9 Å². The molecule has 0 bridgehead atoms. The highest BCUT2D eigenvalue weighted by atomic mass is 32.2. The number of nitrogens with zero attached hydrogens (tertiary/aromatic N) is 2. The maximum Gasteiger partial charge on any atom is 0.215 e. The van der Waals surface area contributed by atoms with E-state index < -0.39 is 10.0 Å². The Kier molecular flexibility index (Phi) is 5.63. The normalized spacial score (nSPS) is 16.4. The molecule has 0 radical (unpaired) electrons. The van der Waals surface area contributed by atoms with Gasteiger partial charge in [-0.3, -0.25) is 4.98 Å². The third-order valence-corrected chi connectivity index (χ3v) is 6.98. The molecule has 1 aromatic heterocycles. The van der Waals surface area contributed by atoms with E-state index in [0.717, 1.165) is 40.2 Å². The molecule has 1 N–H and O–H groups in total. The number of thioether (sulfide) groups is 1. The minimum atomic E-state index is -3.18. The molecular weight excluding hydrogens is 342 g/mol. The second kappa shape index (κ2) is 7.72. The summed E-state index contributed by atoms with van der Waals surface area (Å²) in [7, 11) is -3.18. The van der Waals surface area contributed by atoms with Crippen molar-refractivity contribution in [3.63, 3.8) is 0 Å². The van der Waals surface area contributed by atoms with Crippen molar-refractivity contribution in [2.24, 2.45) is 0 Å². The van der Waals surface area contributed by atoms with Gasteiger partial charge in [-0.25, -0.2) is 12.7 Å². The molecule has 0 saturated carbocycles. The average Bonchev–Trinajstić information content (AvgIpc) is 2.62. The summed E-state index contributed by atoms with van der Waals surface area (Å²) in [5.74, 6) is 1.90. The Balaban J connectivity index is 1.71. The van der Waals surface area contributed by atoms with E-state index in [1.807, 2.05) is 42.1 Å². The summed E-state index contributed by atoms with van der Waals surface area (Å²) in [6, 6.07) is 9.97. The summed E-state index contributed by atoms with van der Waals surface area (Å²) in [4.78, 5) is 4.62. The average molecular weight is 366 g/mol. The lowest BCUT2D eigenvalue weighted by molar-refractivity contribution is 0.444. The summed E-state index contributed by atoms with van der Waals surface area (Å²) >= 11 is 1.81. The molecule has 1 aliphatic rings. The van der Waals surface area contributed by atoms with E-state index >= 15 is 0 Å². The molecular formula is C17H23N3O2S2. The number of anilines is 1. The molecule has 1 saturated heterocycles. The number of benzene rings is 1. The number of fused-ring (bicyclic) bond motifs is 1. The Hall–Kier alpha value is -1.31. The second-order valence-electron chi connectivity index (χ2n) is 5.79. The van der Waals surface area contributed by atoms with Crippen molar-refractivity contribution in [2.45, 2.75) is 13.3 Å². The minimum absolute atomic E-state index is 0.121. The first-order chi connectivity index (χ1) is 11.6. The molecule has 0 aliphatic carbocycles. The number of pyridine rings is 1. The molecule has 1 aromatic carbocycles. The van der Waals surface area contributed by atoms with Gasteiger partial charge in [0, 0.05) is 47.9 Å². The fourth-order valence-electron chi connectivity index (χ4n) is 2.83. The van der Waals surface area contributed by atoms with E-state index in [2.05, 4.69) is 17.2 Å². The van der Waals surface area contributed by atoms with Crippen LogP contribution >= 0.6 is 11.8 Å². The van der Waals surface area contributed by atoms with Gasteiger partial charge in [-0.05, 0) is 18.6 Å². The third-order valence-electron chi connectivity index (χ3n) is 4.17. The van der Waals surface area contributed by atoms with E-state index in [9.17, 15) is 8.42 Å². The lowest BCUT2D eigenvalue weighted by Crippen LogP contribution is -2.40. The van der Waals surface area contributed by atoms with Gasteiger partial charge in [0.2, 0.25) is 10.0 Å². The fraction of sp³-hybridized carbons (Fsp3) is 0.471. The van der Waals surface area contributed by atoms with Crippen LogP contribution in [0.5, 0.6) is 0 Å². The molecule has 2 aromatic rings. The molecule has 7 heteroatoms. The van der Waals surface area contributed by atoms with Gasteiger partial charge < -0.3 is 5.32 Å². The molecule has 3 rings (SSSR count). The Morgan fingerprint density at radius 1 is 1.25 bits per heavy atom. The number of hydrogen-bond donors (Lipinski definition) is 1. The quantitative estimate of drug-likeness (QED) is 0.852. The molecule has 130 valence electrons. The Morgan fingerprint density at radius 3 is 2.75 bits per heavy atom. The van der Waals surface area contributed by atoms with Gasteiger partial charge in [-0.1, -0.05) is 25.1 Å². The predicted octanol–water partition coefficient (Wildman–Crippen LogP) is 2.59. The minimum Gasteiger partial charge on any atom is -0.383 e. The van der Waals surface area contributed by atoms with Gasteiger partial charge in [-0.15, -0.1) is 0 Å². The number of rotatable bonds is 6. The van der Waals surface area contributed by atoms with Crippen molar-refractivity contribution in [2.75, 3.05) is 42.2 Å². The van der Waals surface area contributed by atoms with Crippen LogP contribution in [0.1, 0.15) is 12.6 Å². The Labute approximate surface area is 147 Å². The third kappa shape index (κ3) is 4.02. The van der Waals surface area contributed by atoms with Crippen molar-refractivity contribution in [1.29, 1.82) is 0 Å². The van der Waals surface area contributed by atoms with Crippen LogP contribution in [0.2, 0.25) is 0 Å². The number of sulfonamides is 1. The Morgan fingerprint density at radius 2 is 2.00 bits per heavy atom. The highest BCUT2D eigenvalue weighted by Crippen LogP contribution is 2.23. The molecule has 24 heavy (non-hydrogen) atoms. The van der Waals surface area contributed by atoms with E-state index in [-0.39, 0.29) is 5.75 Å². The number of hydrogen-bond acceptors (Lipinski definition) is 5. The number of aromatic nitrogens is 1. The maximum absolute atomic E-state index is 12.4. The summed E-state index contributed by atoms with van der Waals surface area (Å²) < 4.78 is 26.5. The van der Waals surface area contributed by atoms with E-state index in [1.54, 1.807) is 4.31 Å². The van der Waals surface area contributed by atoms with Crippen LogP contribution in [0.4, 0.5) is 5.69 Å². The largest absolute Gasteiger partial charge is 0.383 e. The van der Waals surface area contributed by atoms with Crippen LogP contribution in [-0.2, 0) is 16.4 Å². The lowest BCUT2D eigenvalue weighted by atomic mass is 10.1. The molecule has 5 nitrogen and oxygen atoms in total. The molecule has 0 amide bonds. The molecule has 1 aliphatic heterocycles. The zero-order valence-corrected chi connectivity index (χ0v) is 15.5. The van der Waals surface area contributed by atoms with Gasteiger partial charge in [0.25, 0.3) is 0 Å². The summed E-state index contributed by atoms with van der Waals surface area (Å²) in [5.41, 5.74) is 2.91. The van der Waals surface area contributed by atoms with Crippen molar-refractivity contribution < 1.29 is 8.42 Å². The van der Waals surface area contributed by atoms with Crippen molar-refractivity contribution >= 4 is 38.4 Å². The Bertz CT molecular complexity index is 803. The smallest absolute Gasteiger partial charge is 0.215 e. The van der Waals surface area contributed by atoms with Crippen molar-refractivity contribution in [3.05, 3.63) is 36.0 Å². The molecule has 1 fully saturated rings. The monoisotopic (exact) mass is 365 g/mol. The topological polar surface area (TPSA) is 62.3 Å². The van der Waals surface area contributed by atoms with Gasteiger partial charge in [-0.2, -0.15) is 11.8 Å².